The number of likely N-dealkylation sites (tertiary alicyclic amines) is 1. The zero-order valence-electron chi connectivity index (χ0n) is 10.3. The number of hydrogen-bond acceptors (Lipinski definition) is 2. The average molecular weight is 218 g/mol. The van der Waals surface area contributed by atoms with Crippen molar-refractivity contribution in [3.05, 3.63) is 30.3 Å². The van der Waals surface area contributed by atoms with Crippen molar-refractivity contribution >= 4 is 5.69 Å². The van der Waals surface area contributed by atoms with Gasteiger partial charge in [0.1, 0.15) is 0 Å². The molecule has 2 heteroatoms. The minimum Gasteiger partial charge on any atom is -0.383 e. The van der Waals surface area contributed by atoms with E-state index < -0.39 is 0 Å². The molecule has 0 aliphatic carbocycles. The molecule has 1 aliphatic rings. The lowest BCUT2D eigenvalue weighted by Gasteiger charge is -2.24. The number of benzene rings is 1. The maximum atomic E-state index is 3.49. The van der Waals surface area contributed by atoms with Gasteiger partial charge in [-0.3, -0.25) is 4.90 Å². The summed E-state index contributed by atoms with van der Waals surface area (Å²) in [4.78, 5) is 2.58. The normalized spacial score (nSPS) is 23.2. The Morgan fingerprint density at radius 3 is 2.75 bits per heavy atom. The van der Waals surface area contributed by atoms with E-state index in [0.29, 0.717) is 6.04 Å². The van der Waals surface area contributed by atoms with Crippen molar-refractivity contribution < 1.29 is 0 Å². The summed E-state index contributed by atoms with van der Waals surface area (Å²) in [5.74, 6) is 0.874. The summed E-state index contributed by atoms with van der Waals surface area (Å²) in [7, 11) is 0. The van der Waals surface area contributed by atoms with E-state index >= 15 is 0 Å². The van der Waals surface area contributed by atoms with E-state index in [1.807, 2.05) is 0 Å². The predicted molar refractivity (Wildman–Crippen MR) is 69.7 cm³/mol. The molecule has 0 saturated carbocycles. The van der Waals surface area contributed by atoms with Gasteiger partial charge in [0.25, 0.3) is 0 Å². The molecular weight excluding hydrogens is 196 g/mol. The van der Waals surface area contributed by atoms with Gasteiger partial charge in [0.2, 0.25) is 0 Å². The number of nitrogens with one attached hydrogen (secondary N) is 1. The summed E-state index contributed by atoms with van der Waals surface area (Å²) in [6, 6.07) is 11.1. The van der Waals surface area contributed by atoms with Crippen LogP contribution in [0.25, 0.3) is 0 Å². The van der Waals surface area contributed by atoms with E-state index in [2.05, 4.69) is 54.4 Å². The molecule has 88 valence electrons. The second-order valence-electron chi connectivity index (χ2n) is 4.98. The molecule has 2 nitrogen and oxygen atoms in total. The number of hydrogen-bond donors (Lipinski definition) is 1. The van der Waals surface area contributed by atoms with Crippen LogP contribution in [0.5, 0.6) is 0 Å². The molecule has 0 amide bonds. The third-order valence-corrected chi connectivity index (χ3v) is 3.45. The van der Waals surface area contributed by atoms with Gasteiger partial charge in [-0.2, -0.15) is 0 Å². The Morgan fingerprint density at radius 1 is 1.38 bits per heavy atom. The maximum Gasteiger partial charge on any atom is 0.0340 e. The maximum absolute atomic E-state index is 3.49. The molecular formula is C14H22N2. The highest BCUT2D eigenvalue weighted by molar-refractivity contribution is 5.42. The Balaban J connectivity index is 1.78. The second-order valence-corrected chi connectivity index (χ2v) is 4.98. The Kier molecular flexibility index (Phi) is 3.83. The summed E-state index contributed by atoms with van der Waals surface area (Å²) in [5, 5.41) is 3.49. The first-order chi connectivity index (χ1) is 7.75. The van der Waals surface area contributed by atoms with Crippen molar-refractivity contribution in [3.63, 3.8) is 0 Å². The van der Waals surface area contributed by atoms with Crippen LogP contribution < -0.4 is 5.32 Å². The van der Waals surface area contributed by atoms with Gasteiger partial charge in [0.15, 0.2) is 0 Å². The Hall–Kier alpha value is -1.02. The molecule has 0 bridgehead atoms. The van der Waals surface area contributed by atoms with Gasteiger partial charge in [-0.05, 0) is 37.9 Å². The van der Waals surface area contributed by atoms with E-state index in [-0.39, 0.29) is 0 Å². The average Bonchev–Trinajstić information content (AvgIpc) is 2.74. The number of nitrogens with zero attached hydrogens (tertiary/aromatic N) is 1. The largest absolute Gasteiger partial charge is 0.383 e. The third-order valence-electron chi connectivity index (χ3n) is 3.45. The lowest BCUT2D eigenvalue weighted by molar-refractivity contribution is 0.261. The van der Waals surface area contributed by atoms with Crippen LogP contribution in [0.1, 0.15) is 20.3 Å². The molecule has 1 fully saturated rings. The Bertz CT molecular complexity index is 310. The van der Waals surface area contributed by atoms with Crippen LogP contribution in [-0.2, 0) is 0 Å². The van der Waals surface area contributed by atoms with Crippen LogP contribution in [-0.4, -0.2) is 30.6 Å². The van der Waals surface area contributed by atoms with Gasteiger partial charge in [-0.15, -0.1) is 0 Å². The quantitative estimate of drug-likeness (QED) is 0.836. The summed E-state index contributed by atoms with van der Waals surface area (Å²) < 4.78 is 0. The molecule has 1 aliphatic heterocycles. The molecule has 1 N–H and O–H groups in total. The number of rotatable bonds is 4. The van der Waals surface area contributed by atoms with Crippen molar-refractivity contribution in [2.45, 2.75) is 26.3 Å². The lowest BCUT2D eigenvalue weighted by Crippen LogP contribution is -2.36. The van der Waals surface area contributed by atoms with Gasteiger partial charge in [0.05, 0.1) is 0 Å². The molecule has 0 radical (unpaired) electrons. The van der Waals surface area contributed by atoms with E-state index in [1.54, 1.807) is 0 Å². The molecule has 0 aromatic heterocycles. The molecule has 1 heterocycles. The molecule has 1 saturated heterocycles. The van der Waals surface area contributed by atoms with Crippen LogP contribution in [0.3, 0.4) is 0 Å². The molecule has 2 rings (SSSR count). The monoisotopic (exact) mass is 218 g/mol. The number of para-hydroxylation sites is 1. The van der Waals surface area contributed by atoms with Crippen LogP contribution in [0.4, 0.5) is 5.69 Å². The fraction of sp³-hybridized carbons (Fsp3) is 0.571. The van der Waals surface area contributed by atoms with Gasteiger partial charge in [-0.1, -0.05) is 25.1 Å². The van der Waals surface area contributed by atoms with Crippen molar-refractivity contribution in [1.29, 1.82) is 0 Å². The van der Waals surface area contributed by atoms with E-state index in [0.717, 1.165) is 12.5 Å². The van der Waals surface area contributed by atoms with Gasteiger partial charge >= 0.3 is 0 Å². The fourth-order valence-corrected chi connectivity index (χ4v) is 2.32. The highest BCUT2D eigenvalue weighted by Crippen LogP contribution is 2.17. The summed E-state index contributed by atoms with van der Waals surface area (Å²) in [5.41, 5.74) is 1.22. The highest BCUT2D eigenvalue weighted by atomic mass is 15.2. The highest BCUT2D eigenvalue weighted by Gasteiger charge is 2.22. The molecule has 1 aromatic rings. The van der Waals surface area contributed by atoms with E-state index in [4.69, 9.17) is 0 Å². The Morgan fingerprint density at radius 2 is 2.12 bits per heavy atom. The van der Waals surface area contributed by atoms with Crippen LogP contribution >= 0.6 is 0 Å². The summed E-state index contributed by atoms with van der Waals surface area (Å²) in [6.07, 6.45) is 1.36. The van der Waals surface area contributed by atoms with Crippen molar-refractivity contribution in [3.8, 4) is 0 Å². The number of anilines is 1. The van der Waals surface area contributed by atoms with Gasteiger partial charge < -0.3 is 5.32 Å². The smallest absolute Gasteiger partial charge is 0.0340 e. The third kappa shape index (κ3) is 2.99. The van der Waals surface area contributed by atoms with Crippen LogP contribution in [0, 0.1) is 5.92 Å². The SMILES string of the molecule is CC1CCN(C(C)CNc2ccccc2)C1. The molecule has 2 atom stereocenters. The van der Waals surface area contributed by atoms with Gasteiger partial charge in [-0.25, -0.2) is 0 Å². The van der Waals surface area contributed by atoms with E-state index in [9.17, 15) is 0 Å². The topological polar surface area (TPSA) is 15.3 Å². The predicted octanol–water partition coefficient (Wildman–Crippen LogP) is 2.83. The molecule has 16 heavy (non-hydrogen) atoms. The van der Waals surface area contributed by atoms with Gasteiger partial charge in [0, 0.05) is 24.8 Å². The first-order valence-electron chi connectivity index (χ1n) is 6.28. The summed E-state index contributed by atoms with van der Waals surface area (Å²) in [6.45, 7) is 8.22. The minimum absolute atomic E-state index is 0.630. The van der Waals surface area contributed by atoms with Crippen molar-refractivity contribution in [2.75, 3.05) is 25.0 Å². The zero-order valence-corrected chi connectivity index (χ0v) is 10.3. The molecule has 2 unspecified atom stereocenters. The zero-order chi connectivity index (χ0) is 11.4. The summed E-state index contributed by atoms with van der Waals surface area (Å²) >= 11 is 0. The molecule has 0 spiro atoms. The Labute approximate surface area is 98.7 Å². The van der Waals surface area contributed by atoms with Crippen LogP contribution in [0.15, 0.2) is 30.3 Å². The standard InChI is InChI=1S/C14H22N2/c1-12-8-9-16(11-12)13(2)10-15-14-6-4-3-5-7-14/h3-7,12-13,15H,8-11H2,1-2H3. The second kappa shape index (κ2) is 5.35. The first kappa shape index (κ1) is 11.5. The first-order valence-corrected chi connectivity index (χ1v) is 6.28. The van der Waals surface area contributed by atoms with Crippen molar-refractivity contribution in [1.82, 2.24) is 4.90 Å². The lowest BCUT2D eigenvalue weighted by atomic mass is 10.2. The van der Waals surface area contributed by atoms with Crippen molar-refractivity contribution in [2.24, 2.45) is 5.92 Å². The minimum atomic E-state index is 0.630. The van der Waals surface area contributed by atoms with E-state index in [1.165, 1.54) is 25.2 Å². The molecule has 1 aromatic carbocycles. The fourth-order valence-electron chi connectivity index (χ4n) is 2.32. The van der Waals surface area contributed by atoms with Crippen LogP contribution in [0.2, 0.25) is 0 Å².